The minimum Gasteiger partial charge on any atom is -0.397 e. The molecule has 0 amide bonds. The summed E-state index contributed by atoms with van der Waals surface area (Å²) < 4.78 is 0. The first-order valence-electron chi connectivity index (χ1n) is 5.21. The zero-order valence-corrected chi connectivity index (χ0v) is 10.0. The largest absolute Gasteiger partial charge is 0.397 e. The Morgan fingerprint density at radius 1 is 1.33 bits per heavy atom. The molecule has 0 atom stereocenters. The van der Waals surface area contributed by atoms with E-state index in [-0.39, 0.29) is 0 Å². The van der Waals surface area contributed by atoms with Gasteiger partial charge >= 0.3 is 0 Å². The number of nitrogens with two attached hydrogens (primary N) is 1. The first kappa shape index (κ1) is 12.1. The van der Waals surface area contributed by atoms with Gasteiger partial charge in [0.2, 0.25) is 0 Å². The van der Waals surface area contributed by atoms with Crippen LogP contribution in [0.1, 0.15) is 31.2 Å². The number of anilines is 1. The third-order valence-corrected chi connectivity index (χ3v) is 2.49. The van der Waals surface area contributed by atoms with Crippen LogP contribution in [0.15, 0.2) is 24.5 Å². The minimum absolute atomic E-state index is 0.802. The monoisotopic (exact) mass is 222 g/mol. The summed E-state index contributed by atoms with van der Waals surface area (Å²) in [6.45, 7) is 0. The van der Waals surface area contributed by atoms with E-state index in [9.17, 15) is 0 Å². The van der Waals surface area contributed by atoms with Crippen LogP contribution in [-0.4, -0.2) is 11.2 Å². The smallest absolute Gasteiger partial charge is 0.0576 e. The fraction of sp³-hybridized carbons (Fsp3) is 0.417. The molecular weight excluding hydrogens is 204 g/mol. The van der Waals surface area contributed by atoms with Crippen LogP contribution in [0.5, 0.6) is 0 Å². The highest BCUT2D eigenvalue weighted by atomic mass is 32.1. The molecule has 0 aromatic carbocycles. The summed E-state index contributed by atoms with van der Waals surface area (Å²) in [5.41, 5.74) is 9.22. The second kappa shape index (κ2) is 6.51. The molecule has 0 bridgehead atoms. The number of pyridine rings is 1. The highest BCUT2D eigenvalue weighted by Crippen LogP contribution is 2.29. The summed E-state index contributed by atoms with van der Waals surface area (Å²) in [5, 5.41) is 0. The average Bonchev–Trinajstić information content (AvgIpc) is 2.33. The molecule has 2 nitrogen and oxygen atoms in total. The Morgan fingerprint density at radius 2 is 2.13 bits per heavy atom. The van der Waals surface area contributed by atoms with Gasteiger partial charge in [-0.05, 0) is 43.6 Å². The topological polar surface area (TPSA) is 38.9 Å². The van der Waals surface area contributed by atoms with Crippen molar-refractivity contribution >= 4 is 23.9 Å². The standard InChI is InChI=1S/C11H14N2.CH4S/c12-11-8-13-7-6-10(11)9-4-2-1-3-5-9;1-2/h4,6-8H,1-3,5,12H2;2H,1H3. The number of nitrogen functional groups attached to an aromatic ring is 1. The molecule has 1 aliphatic carbocycles. The van der Waals surface area contributed by atoms with E-state index in [1.807, 2.05) is 6.07 Å². The molecule has 0 unspecified atom stereocenters. The van der Waals surface area contributed by atoms with Crippen LogP contribution in [-0.2, 0) is 0 Å². The van der Waals surface area contributed by atoms with Crippen molar-refractivity contribution in [1.29, 1.82) is 0 Å². The molecule has 2 rings (SSSR count). The van der Waals surface area contributed by atoms with E-state index in [0.29, 0.717) is 0 Å². The molecule has 0 spiro atoms. The molecule has 1 aliphatic rings. The lowest BCUT2D eigenvalue weighted by atomic mass is 9.93. The number of hydrogen-bond acceptors (Lipinski definition) is 3. The molecule has 1 aromatic heterocycles. The fourth-order valence-corrected chi connectivity index (χ4v) is 1.78. The van der Waals surface area contributed by atoms with Crippen molar-refractivity contribution in [1.82, 2.24) is 4.98 Å². The molecule has 0 fully saturated rings. The second-order valence-corrected chi connectivity index (χ2v) is 3.44. The van der Waals surface area contributed by atoms with Gasteiger partial charge in [0.15, 0.2) is 0 Å². The zero-order valence-electron chi connectivity index (χ0n) is 9.11. The molecule has 82 valence electrons. The first-order chi connectivity index (χ1) is 7.38. The van der Waals surface area contributed by atoms with Crippen molar-refractivity contribution in [2.45, 2.75) is 25.7 Å². The lowest BCUT2D eigenvalue weighted by molar-refractivity contribution is 0.742. The Hall–Kier alpha value is -0.960. The lowest BCUT2D eigenvalue weighted by Crippen LogP contribution is -1.97. The summed E-state index contributed by atoms with van der Waals surface area (Å²) in [6, 6.07) is 2.01. The number of nitrogens with zero attached hydrogens (tertiary/aromatic N) is 1. The number of thiol groups is 1. The maximum atomic E-state index is 5.85. The Bertz CT molecular complexity index is 334. The number of hydrogen-bond donors (Lipinski definition) is 2. The fourth-order valence-electron chi connectivity index (χ4n) is 1.78. The molecule has 2 N–H and O–H groups in total. The molecular formula is C12H18N2S. The van der Waals surface area contributed by atoms with Crippen LogP contribution in [0, 0.1) is 0 Å². The van der Waals surface area contributed by atoms with Gasteiger partial charge in [0.1, 0.15) is 0 Å². The van der Waals surface area contributed by atoms with Crippen molar-refractivity contribution in [3.05, 3.63) is 30.1 Å². The second-order valence-electron chi connectivity index (χ2n) is 3.44. The van der Waals surface area contributed by atoms with Gasteiger partial charge in [0, 0.05) is 11.8 Å². The molecule has 0 saturated carbocycles. The molecule has 1 aromatic rings. The van der Waals surface area contributed by atoms with Gasteiger partial charge in [-0.3, -0.25) is 4.98 Å². The van der Waals surface area contributed by atoms with Crippen molar-refractivity contribution in [2.75, 3.05) is 12.0 Å². The number of rotatable bonds is 1. The van der Waals surface area contributed by atoms with Crippen LogP contribution in [0.3, 0.4) is 0 Å². The lowest BCUT2D eigenvalue weighted by Gasteiger charge is -2.13. The van der Waals surface area contributed by atoms with E-state index in [2.05, 4.69) is 23.7 Å². The Labute approximate surface area is 97.0 Å². The number of allylic oxidation sites excluding steroid dienone is 2. The van der Waals surface area contributed by atoms with Crippen LogP contribution >= 0.6 is 12.6 Å². The summed E-state index contributed by atoms with van der Waals surface area (Å²) in [7, 11) is 0. The molecule has 15 heavy (non-hydrogen) atoms. The Balaban J connectivity index is 0.000000531. The summed E-state index contributed by atoms with van der Waals surface area (Å²) in [6.07, 6.45) is 12.5. The van der Waals surface area contributed by atoms with E-state index < -0.39 is 0 Å². The Kier molecular flexibility index (Phi) is 5.26. The molecule has 1 heterocycles. The van der Waals surface area contributed by atoms with Crippen LogP contribution < -0.4 is 5.73 Å². The quantitative estimate of drug-likeness (QED) is 0.716. The van der Waals surface area contributed by atoms with Gasteiger partial charge in [-0.1, -0.05) is 6.08 Å². The maximum Gasteiger partial charge on any atom is 0.0576 e. The maximum absolute atomic E-state index is 5.85. The summed E-state index contributed by atoms with van der Waals surface area (Å²) >= 11 is 3.53. The predicted molar refractivity (Wildman–Crippen MR) is 70.0 cm³/mol. The van der Waals surface area contributed by atoms with E-state index >= 15 is 0 Å². The van der Waals surface area contributed by atoms with E-state index in [1.54, 1.807) is 18.6 Å². The highest BCUT2D eigenvalue weighted by Gasteiger charge is 2.08. The van der Waals surface area contributed by atoms with Gasteiger partial charge in [0.05, 0.1) is 11.9 Å². The molecule has 3 heteroatoms. The van der Waals surface area contributed by atoms with Crippen LogP contribution in [0.4, 0.5) is 5.69 Å². The van der Waals surface area contributed by atoms with Gasteiger partial charge in [-0.2, -0.15) is 12.6 Å². The first-order valence-corrected chi connectivity index (χ1v) is 6.11. The third-order valence-electron chi connectivity index (χ3n) is 2.49. The third kappa shape index (κ3) is 3.27. The predicted octanol–water partition coefficient (Wildman–Crippen LogP) is 3.17. The van der Waals surface area contributed by atoms with Crippen molar-refractivity contribution < 1.29 is 0 Å². The van der Waals surface area contributed by atoms with Crippen molar-refractivity contribution in [3.8, 4) is 0 Å². The van der Waals surface area contributed by atoms with Gasteiger partial charge in [-0.25, -0.2) is 0 Å². The Morgan fingerprint density at radius 3 is 2.73 bits per heavy atom. The normalized spacial score (nSPS) is 14.9. The van der Waals surface area contributed by atoms with Crippen LogP contribution in [0.25, 0.3) is 5.57 Å². The van der Waals surface area contributed by atoms with E-state index in [1.165, 1.54) is 30.4 Å². The van der Waals surface area contributed by atoms with Gasteiger partial charge < -0.3 is 5.73 Å². The van der Waals surface area contributed by atoms with Crippen molar-refractivity contribution in [2.24, 2.45) is 0 Å². The van der Waals surface area contributed by atoms with Crippen LogP contribution in [0.2, 0.25) is 0 Å². The van der Waals surface area contributed by atoms with E-state index in [4.69, 9.17) is 5.73 Å². The molecule has 0 aliphatic heterocycles. The molecule has 0 radical (unpaired) electrons. The highest BCUT2D eigenvalue weighted by molar-refractivity contribution is 7.79. The summed E-state index contributed by atoms with van der Waals surface area (Å²) in [5.74, 6) is 0. The van der Waals surface area contributed by atoms with Crippen molar-refractivity contribution in [3.63, 3.8) is 0 Å². The number of aromatic nitrogens is 1. The zero-order chi connectivity index (χ0) is 11.1. The summed E-state index contributed by atoms with van der Waals surface area (Å²) in [4.78, 5) is 3.99. The average molecular weight is 222 g/mol. The van der Waals surface area contributed by atoms with Gasteiger partial charge in [-0.15, -0.1) is 0 Å². The SMILES string of the molecule is CS.Nc1cnccc1C1=CCCCC1. The van der Waals surface area contributed by atoms with E-state index in [0.717, 1.165) is 12.1 Å². The molecule has 0 saturated heterocycles. The minimum atomic E-state index is 0.802. The van der Waals surface area contributed by atoms with Gasteiger partial charge in [0.25, 0.3) is 0 Å².